The number of rotatable bonds is 8. The molecule has 0 saturated carbocycles. The van der Waals surface area contributed by atoms with Gasteiger partial charge in [-0.15, -0.1) is 10.2 Å². The topological polar surface area (TPSA) is 80.1 Å². The minimum atomic E-state index is -0.170. The second-order valence-electron chi connectivity index (χ2n) is 5.92. The highest BCUT2D eigenvalue weighted by atomic mass is 32.2. The maximum Gasteiger partial charge on any atom is 0.254 e. The summed E-state index contributed by atoms with van der Waals surface area (Å²) in [6.07, 6.45) is 1.58. The van der Waals surface area contributed by atoms with Crippen LogP contribution < -0.4 is 5.32 Å². The SMILES string of the molecule is C=C(C)CN(CC)C(=O)c1cccc(NC(=O)CSc2nncn2C)c1. The number of benzene rings is 1. The number of carbonyl (C=O) groups excluding carboxylic acids is 2. The number of aromatic nitrogens is 3. The summed E-state index contributed by atoms with van der Waals surface area (Å²) >= 11 is 1.30. The van der Waals surface area contributed by atoms with Crippen molar-refractivity contribution in [1.82, 2.24) is 19.7 Å². The Bertz CT molecular complexity index is 802. The number of anilines is 1. The van der Waals surface area contributed by atoms with Crippen molar-refractivity contribution in [2.24, 2.45) is 7.05 Å². The van der Waals surface area contributed by atoms with Gasteiger partial charge in [-0.25, -0.2) is 0 Å². The molecule has 0 aliphatic carbocycles. The van der Waals surface area contributed by atoms with Crippen LogP contribution in [0.4, 0.5) is 5.69 Å². The number of aryl methyl sites for hydroxylation is 1. The number of nitrogens with one attached hydrogen (secondary N) is 1. The lowest BCUT2D eigenvalue weighted by Crippen LogP contribution is -2.32. The van der Waals surface area contributed by atoms with Gasteiger partial charge in [-0.1, -0.05) is 30.0 Å². The van der Waals surface area contributed by atoms with E-state index in [2.05, 4.69) is 22.1 Å². The standard InChI is InChI=1S/C18H23N5O2S/c1-5-23(10-13(2)3)17(25)14-7-6-8-15(9-14)20-16(24)11-26-18-21-19-12-22(18)4/h6-9,12H,2,5,10-11H2,1,3-4H3,(H,20,24). The summed E-state index contributed by atoms with van der Waals surface area (Å²) in [5.41, 5.74) is 2.04. The third-order valence-electron chi connectivity index (χ3n) is 3.53. The third-order valence-corrected chi connectivity index (χ3v) is 4.56. The first-order chi connectivity index (χ1) is 12.4. The zero-order valence-corrected chi connectivity index (χ0v) is 16.0. The van der Waals surface area contributed by atoms with Gasteiger partial charge in [0.1, 0.15) is 6.33 Å². The maximum atomic E-state index is 12.6. The van der Waals surface area contributed by atoms with Gasteiger partial charge in [0.15, 0.2) is 5.16 Å². The second-order valence-corrected chi connectivity index (χ2v) is 6.86. The molecule has 2 amide bonds. The van der Waals surface area contributed by atoms with Crippen LogP contribution in [-0.2, 0) is 11.8 Å². The molecule has 1 heterocycles. The van der Waals surface area contributed by atoms with Gasteiger partial charge >= 0.3 is 0 Å². The first-order valence-corrected chi connectivity index (χ1v) is 9.19. The maximum absolute atomic E-state index is 12.6. The van der Waals surface area contributed by atoms with E-state index in [9.17, 15) is 9.59 Å². The fourth-order valence-electron chi connectivity index (χ4n) is 2.30. The van der Waals surface area contributed by atoms with Gasteiger partial charge in [0.05, 0.1) is 5.75 Å². The highest BCUT2D eigenvalue weighted by Crippen LogP contribution is 2.16. The molecule has 0 aliphatic heterocycles. The fourth-order valence-corrected chi connectivity index (χ4v) is 2.98. The third kappa shape index (κ3) is 5.45. The molecule has 1 N–H and O–H groups in total. The van der Waals surface area contributed by atoms with Crippen LogP contribution in [0.2, 0.25) is 0 Å². The Hall–Kier alpha value is -2.61. The minimum absolute atomic E-state index is 0.0833. The molecule has 0 atom stereocenters. The lowest BCUT2D eigenvalue weighted by Gasteiger charge is -2.21. The molecule has 0 aliphatic rings. The molecule has 0 fully saturated rings. The Morgan fingerprint density at radius 1 is 1.38 bits per heavy atom. The Kier molecular flexibility index (Phi) is 6.97. The largest absolute Gasteiger partial charge is 0.335 e. The van der Waals surface area contributed by atoms with Crippen molar-refractivity contribution in [2.75, 3.05) is 24.2 Å². The lowest BCUT2D eigenvalue weighted by atomic mass is 10.1. The van der Waals surface area contributed by atoms with Crippen LogP contribution in [0.3, 0.4) is 0 Å². The van der Waals surface area contributed by atoms with Gasteiger partial charge in [-0.2, -0.15) is 0 Å². The molecular formula is C18H23N5O2S. The summed E-state index contributed by atoms with van der Waals surface area (Å²) in [6, 6.07) is 6.95. The molecule has 0 spiro atoms. The van der Waals surface area contributed by atoms with E-state index in [0.717, 1.165) is 5.57 Å². The number of carbonyl (C=O) groups is 2. The van der Waals surface area contributed by atoms with Gasteiger partial charge in [-0.05, 0) is 32.0 Å². The van der Waals surface area contributed by atoms with E-state index in [0.29, 0.717) is 29.5 Å². The summed E-state index contributed by atoms with van der Waals surface area (Å²) in [5, 5.41) is 11.2. The molecule has 26 heavy (non-hydrogen) atoms. The van der Waals surface area contributed by atoms with E-state index in [1.807, 2.05) is 20.9 Å². The lowest BCUT2D eigenvalue weighted by molar-refractivity contribution is -0.113. The minimum Gasteiger partial charge on any atom is -0.335 e. The van der Waals surface area contributed by atoms with Gasteiger partial charge in [0.25, 0.3) is 5.91 Å². The van der Waals surface area contributed by atoms with E-state index in [4.69, 9.17) is 0 Å². The van der Waals surface area contributed by atoms with Crippen molar-refractivity contribution >= 4 is 29.3 Å². The normalized spacial score (nSPS) is 10.4. The van der Waals surface area contributed by atoms with Crippen LogP contribution in [-0.4, -0.2) is 50.3 Å². The summed E-state index contributed by atoms with van der Waals surface area (Å²) in [4.78, 5) is 26.5. The van der Waals surface area contributed by atoms with Crippen molar-refractivity contribution < 1.29 is 9.59 Å². The molecule has 8 heteroatoms. The van der Waals surface area contributed by atoms with Gasteiger partial charge in [0.2, 0.25) is 5.91 Å². The summed E-state index contributed by atoms with van der Waals surface area (Å²) in [5.74, 6) is -0.0431. The monoisotopic (exact) mass is 373 g/mol. The molecule has 138 valence electrons. The molecule has 2 rings (SSSR count). The Morgan fingerprint density at radius 2 is 2.15 bits per heavy atom. The van der Waals surface area contributed by atoms with Crippen molar-refractivity contribution in [3.05, 3.63) is 48.3 Å². The first-order valence-electron chi connectivity index (χ1n) is 8.21. The quantitative estimate of drug-likeness (QED) is 0.568. The summed E-state index contributed by atoms with van der Waals surface area (Å²) in [6.45, 7) is 8.78. The molecular weight excluding hydrogens is 350 g/mol. The highest BCUT2D eigenvalue weighted by molar-refractivity contribution is 7.99. The van der Waals surface area contributed by atoms with Crippen LogP contribution in [0.15, 0.2) is 47.9 Å². The van der Waals surface area contributed by atoms with Crippen LogP contribution in [0.25, 0.3) is 0 Å². The Morgan fingerprint density at radius 3 is 2.77 bits per heavy atom. The molecule has 1 aromatic heterocycles. The van der Waals surface area contributed by atoms with E-state index >= 15 is 0 Å². The zero-order valence-electron chi connectivity index (χ0n) is 15.2. The Balaban J connectivity index is 1.99. The average Bonchev–Trinajstić information content (AvgIpc) is 3.02. The average molecular weight is 373 g/mol. The number of hydrogen-bond donors (Lipinski definition) is 1. The summed E-state index contributed by atoms with van der Waals surface area (Å²) in [7, 11) is 1.82. The van der Waals surface area contributed by atoms with Gasteiger partial charge in [-0.3, -0.25) is 9.59 Å². The number of amides is 2. The highest BCUT2D eigenvalue weighted by Gasteiger charge is 2.15. The van der Waals surface area contributed by atoms with Crippen LogP contribution in [0.1, 0.15) is 24.2 Å². The zero-order chi connectivity index (χ0) is 19.1. The molecule has 2 aromatic rings. The summed E-state index contributed by atoms with van der Waals surface area (Å²) < 4.78 is 1.75. The van der Waals surface area contributed by atoms with Crippen LogP contribution in [0.5, 0.6) is 0 Å². The van der Waals surface area contributed by atoms with E-state index in [-0.39, 0.29) is 17.6 Å². The van der Waals surface area contributed by atoms with Crippen molar-refractivity contribution in [1.29, 1.82) is 0 Å². The van der Waals surface area contributed by atoms with Crippen LogP contribution >= 0.6 is 11.8 Å². The van der Waals surface area contributed by atoms with E-state index in [1.165, 1.54) is 11.8 Å². The van der Waals surface area contributed by atoms with Gasteiger partial charge < -0.3 is 14.8 Å². The van der Waals surface area contributed by atoms with Crippen LogP contribution in [0, 0.1) is 0 Å². The molecule has 0 bridgehead atoms. The smallest absolute Gasteiger partial charge is 0.254 e. The first kappa shape index (κ1) is 19.7. The molecule has 7 nitrogen and oxygen atoms in total. The molecule has 0 saturated heterocycles. The van der Waals surface area contributed by atoms with E-state index < -0.39 is 0 Å². The van der Waals surface area contributed by atoms with Crippen molar-refractivity contribution in [2.45, 2.75) is 19.0 Å². The van der Waals surface area contributed by atoms with E-state index in [1.54, 1.807) is 40.1 Å². The number of likely N-dealkylation sites (N-methyl/N-ethyl adjacent to an activating group) is 1. The predicted octanol–water partition coefficient (Wildman–Crippen LogP) is 2.58. The number of thioether (sulfide) groups is 1. The van der Waals surface area contributed by atoms with Crippen molar-refractivity contribution in [3.8, 4) is 0 Å². The fraction of sp³-hybridized carbons (Fsp3) is 0.333. The van der Waals surface area contributed by atoms with Crippen molar-refractivity contribution in [3.63, 3.8) is 0 Å². The number of nitrogens with zero attached hydrogens (tertiary/aromatic N) is 4. The predicted molar refractivity (Wildman–Crippen MR) is 103 cm³/mol. The Labute approximate surface area is 157 Å². The molecule has 0 radical (unpaired) electrons. The molecule has 1 aromatic carbocycles. The molecule has 0 unspecified atom stereocenters. The second kappa shape index (κ2) is 9.19. The number of hydrogen-bond acceptors (Lipinski definition) is 5. The van der Waals surface area contributed by atoms with Gasteiger partial charge in [0, 0.05) is 31.4 Å².